The highest BCUT2D eigenvalue weighted by Crippen LogP contribution is 2.29. The number of hydrogen-bond acceptors (Lipinski definition) is 1. The molecule has 0 fully saturated rings. The van der Waals surface area contributed by atoms with Crippen molar-refractivity contribution in [2.75, 3.05) is 7.05 Å². The van der Waals surface area contributed by atoms with Gasteiger partial charge in [0.2, 0.25) is 0 Å². The van der Waals surface area contributed by atoms with Crippen molar-refractivity contribution < 1.29 is 4.39 Å². The largest absolute Gasteiger partial charge is 0.316 e. The summed E-state index contributed by atoms with van der Waals surface area (Å²) in [5.41, 5.74) is 2.80. The van der Waals surface area contributed by atoms with E-state index in [9.17, 15) is 4.39 Å². The van der Waals surface area contributed by atoms with Gasteiger partial charge in [-0.15, -0.1) is 0 Å². The summed E-state index contributed by atoms with van der Waals surface area (Å²) >= 11 is 6.08. The number of halogens is 2. The van der Waals surface area contributed by atoms with E-state index in [-0.39, 0.29) is 5.82 Å². The molecule has 0 unspecified atom stereocenters. The summed E-state index contributed by atoms with van der Waals surface area (Å²) in [6.07, 6.45) is 0. The molecule has 2 aromatic carbocycles. The van der Waals surface area contributed by atoms with Crippen LogP contribution in [0.3, 0.4) is 0 Å². The van der Waals surface area contributed by atoms with Crippen LogP contribution in [0.25, 0.3) is 11.1 Å². The van der Waals surface area contributed by atoms with Crippen LogP contribution in [0, 0.1) is 5.82 Å². The smallest absolute Gasteiger partial charge is 0.123 e. The van der Waals surface area contributed by atoms with Crippen LogP contribution in [0.15, 0.2) is 42.5 Å². The van der Waals surface area contributed by atoms with E-state index in [0.717, 1.165) is 23.2 Å². The van der Waals surface area contributed by atoms with Crippen LogP contribution in [0.1, 0.15) is 5.56 Å². The Hall–Kier alpha value is -1.38. The predicted octanol–water partition coefficient (Wildman–Crippen LogP) is 3.87. The fraction of sp³-hybridized carbons (Fsp3) is 0.143. The van der Waals surface area contributed by atoms with Gasteiger partial charge in [0, 0.05) is 17.1 Å². The second kappa shape index (κ2) is 5.30. The third-order valence-electron chi connectivity index (χ3n) is 2.55. The standard InChI is InChI=1S/C14H13ClFN/c1-17-9-10-3-2-4-11(7-10)13-8-12(16)5-6-14(13)15/h2-8,17H,9H2,1H3. The van der Waals surface area contributed by atoms with Crippen LogP contribution in [0.2, 0.25) is 5.02 Å². The highest BCUT2D eigenvalue weighted by atomic mass is 35.5. The minimum absolute atomic E-state index is 0.275. The molecule has 0 atom stereocenters. The Morgan fingerprint density at radius 1 is 1.18 bits per heavy atom. The average Bonchev–Trinajstić information content (AvgIpc) is 2.33. The van der Waals surface area contributed by atoms with Crippen molar-refractivity contribution >= 4 is 11.6 Å². The lowest BCUT2D eigenvalue weighted by Crippen LogP contribution is -2.04. The molecule has 88 valence electrons. The van der Waals surface area contributed by atoms with E-state index in [1.165, 1.54) is 12.1 Å². The van der Waals surface area contributed by atoms with Crippen molar-refractivity contribution in [1.29, 1.82) is 0 Å². The van der Waals surface area contributed by atoms with Gasteiger partial charge in [-0.05, 0) is 42.4 Å². The van der Waals surface area contributed by atoms with Gasteiger partial charge in [0.05, 0.1) is 0 Å². The lowest BCUT2D eigenvalue weighted by atomic mass is 10.0. The SMILES string of the molecule is CNCc1cccc(-c2cc(F)ccc2Cl)c1. The second-order valence-corrected chi connectivity index (χ2v) is 4.26. The fourth-order valence-corrected chi connectivity index (χ4v) is 2.00. The summed E-state index contributed by atoms with van der Waals surface area (Å²) in [7, 11) is 1.89. The molecule has 0 saturated heterocycles. The second-order valence-electron chi connectivity index (χ2n) is 3.85. The molecule has 0 radical (unpaired) electrons. The summed E-state index contributed by atoms with van der Waals surface area (Å²) < 4.78 is 13.2. The zero-order valence-corrected chi connectivity index (χ0v) is 10.3. The zero-order chi connectivity index (χ0) is 12.3. The Labute approximate surface area is 105 Å². The first kappa shape index (κ1) is 12.1. The number of hydrogen-bond donors (Lipinski definition) is 1. The lowest BCUT2D eigenvalue weighted by molar-refractivity contribution is 0.628. The van der Waals surface area contributed by atoms with E-state index in [0.29, 0.717) is 5.02 Å². The van der Waals surface area contributed by atoms with E-state index in [4.69, 9.17) is 11.6 Å². The van der Waals surface area contributed by atoms with Gasteiger partial charge in [-0.2, -0.15) is 0 Å². The molecule has 0 saturated carbocycles. The molecular formula is C14H13ClFN. The highest BCUT2D eigenvalue weighted by Gasteiger charge is 2.05. The molecule has 0 amide bonds. The van der Waals surface area contributed by atoms with Gasteiger partial charge in [0.25, 0.3) is 0 Å². The Balaban J connectivity index is 2.45. The van der Waals surface area contributed by atoms with Crippen LogP contribution in [-0.4, -0.2) is 7.05 Å². The van der Waals surface area contributed by atoms with Crippen molar-refractivity contribution in [1.82, 2.24) is 5.32 Å². The summed E-state index contributed by atoms with van der Waals surface area (Å²) in [4.78, 5) is 0. The molecule has 1 N–H and O–H groups in total. The Bertz CT molecular complexity index is 525. The molecule has 0 aliphatic heterocycles. The highest BCUT2D eigenvalue weighted by molar-refractivity contribution is 6.33. The maximum atomic E-state index is 13.2. The van der Waals surface area contributed by atoms with Gasteiger partial charge >= 0.3 is 0 Å². The first-order valence-electron chi connectivity index (χ1n) is 5.39. The van der Waals surface area contributed by atoms with E-state index in [2.05, 4.69) is 5.32 Å². The van der Waals surface area contributed by atoms with E-state index in [1.54, 1.807) is 6.07 Å². The fourth-order valence-electron chi connectivity index (χ4n) is 1.77. The lowest BCUT2D eigenvalue weighted by Gasteiger charge is -2.07. The minimum atomic E-state index is -0.275. The number of benzene rings is 2. The molecule has 0 bridgehead atoms. The van der Waals surface area contributed by atoms with Gasteiger partial charge in [-0.1, -0.05) is 29.8 Å². The van der Waals surface area contributed by atoms with Crippen LogP contribution in [0.5, 0.6) is 0 Å². The molecule has 3 heteroatoms. The van der Waals surface area contributed by atoms with Gasteiger partial charge in [-0.25, -0.2) is 4.39 Å². The van der Waals surface area contributed by atoms with Gasteiger partial charge in [0.15, 0.2) is 0 Å². The first-order valence-corrected chi connectivity index (χ1v) is 5.77. The Kier molecular flexibility index (Phi) is 3.77. The van der Waals surface area contributed by atoms with Crippen molar-refractivity contribution in [3.8, 4) is 11.1 Å². The van der Waals surface area contributed by atoms with Crippen LogP contribution < -0.4 is 5.32 Å². The van der Waals surface area contributed by atoms with E-state index < -0.39 is 0 Å². The molecule has 1 nitrogen and oxygen atoms in total. The van der Waals surface area contributed by atoms with Crippen LogP contribution in [0.4, 0.5) is 4.39 Å². The van der Waals surface area contributed by atoms with Crippen molar-refractivity contribution in [3.05, 3.63) is 58.9 Å². The molecular weight excluding hydrogens is 237 g/mol. The Morgan fingerprint density at radius 2 is 2.00 bits per heavy atom. The first-order chi connectivity index (χ1) is 8.20. The maximum Gasteiger partial charge on any atom is 0.123 e. The molecule has 0 aliphatic carbocycles. The Morgan fingerprint density at radius 3 is 2.76 bits per heavy atom. The van der Waals surface area contributed by atoms with Gasteiger partial charge in [-0.3, -0.25) is 0 Å². The molecule has 2 aromatic rings. The van der Waals surface area contributed by atoms with E-state index >= 15 is 0 Å². The maximum absolute atomic E-state index is 13.2. The van der Waals surface area contributed by atoms with Crippen molar-refractivity contribution in [2.24, 2.45) is 0 Å². The van der Waals surface area contributed by atoms with Crippen LogP contribution in [-0.2, 0) is 6.54 Å². The molecule has 0 heterocycles. The topological polar surface area (TPSA) is 12.0 Å². The molecule has 2 rings (SSSR count). The quantitative estimate of drug-likeness (QED) is 0.871. The van der Waals surface area contributed by atoms with Crippen molar-refractivity contribution in [2.45, 2.75) is 6.54 Å². The molecule has 0 aromatic heterocycles. The summed E-state index contributed by atoms with van der Waals surface area (Å²) in [6, 6.07) is 12.3. The average molecular weight is 250 g/mol. The van der Waals surface area contributed by atoms with E-state index in [1.807, 2.05) is 31.3 Å². The summed E-state index contributed by atoms with van der Waals surface area (Å²) in [5.74, 6) is -0.275. The molecule has 0 spiro atoms. The summed E-state index contributed by atoms with van der Waals surface area (Å²) in [5, 5.41) is 3.64. The predicted molar refractivity (Wildman–Crippen MR) is 69.6 cm³/mol. The van der Waals surface area contributed by atoms with Gasteiger partial charge < -0.3 is 5.32 Å². The zero-order valence-electron chi connectivity index (χ0n) is 9.50. The molecule has 0 aliphatic rings. The monoisotopic (exact) mass is 249 g/mol. The summed E-state index contributed by atoms with van der Waals surface area (Å²) in [6.45, 7) is 0.779. The minimum Gasteiger partial charge on any atom is -0.316 e. The third kappa shape index (κ3) is 2.84. The van der Waals surface area contributed by atoms with Gasteiger partial charge in [0.1, 0.15) is 5.82 Å². The van der Waals surface area contributed by atoms with Crippen molar-refractivity contribution in [3.63, 3.8) is 0 Å². The third-order valence-corrected chi connectivity index (χ3v) is 2.88. The normalized spacial score (nSPS) is 10.5. The number of nitrogens with one attached hydrogen (secondary N) is 1. The van der Waals surface area contributed by atoms with Crippen LogP contribution >= 0.6 is 11.6 Å². The number of rotatable bonds is 3. The molecule has 17 heavy (non-hydrogen) atoms.